The van der Waals surface area contributed by atoms with Crippen LogP contribution in [0.15, 0.2) is 12.1 Å². The van der Waals surface area contributed by atoms with Gasteiger partial charge in [-0.05, 0) is 37.9 Å². The number of rotatable bonds is 4. The van der Waals surface area contributed by atoms with Gasteiger partial charge in [-0.1, -0.05) is 24.6 Å². The van der Waals surface area contributed by atoms with Crippen LogP contribution in [0.4, 0.5) is 4.39 Å². The van der Waals surface area contributed by atoms with E-state index in [1.54, 1.807) is 19.1 Å². The van der Waals surface area contributed by atoms with Gasteiger partial charge in [-0.15, -0.1) is 0 Å². The van der Waals surface area contributed by atoms with Gasteiger partial charge < -0.3 is 10.1 Å². The summed E-state index contributed by atoms with van der Waals surface area (Å²) in [6, 6.07) is 3.36. The molecule has 18 heavy (non-hydrogen) atoms. The van der Waals surface area contributed by atoms with Gasteiger partial charge in [0.15, 0.2) is 11.6 Å². The van der Waals surface area contributed by atoms with E-state index in [0.29, 0.717) is 16.5 Å². The van der Waals surface area contributed by atoms with Gasteiger partial charge in [0.2, 0.25) is 0 Å². The molecule has 0 amide bonds. The maximum absolute atomic E-state index is 14.0. The minimum atomic E-state index is -0.341. The molecule has 1 aliphatic rings. The van der Waals surface area contributed by atoms with Crippen LogP contribution in [0.5, 0.6) is 5.75 Å². The molecule has 1 unspecified atom stereocenters. The largest absolute Gasteiger partial charge is 0.485 e. The fraction of sp³-hybridized carbons (Fsp3) is 0.571. The summed E-state index contributed by atoms with van der Waals surface area (Å²) in [5.74, 6) is 0.299. The van der Waals surface area contributed by atoms with Crippen LogP contribution in [0.2, 0.25) is 5.02 Å². The zero-order chi connectivity index (χ0) is 13.1. The van der Waals surface area contributed by atoms with Gasteiger partial charge in [0.1, 0.15) is 6.10 Å². The maximum atomic E-state index is 14.0. The normalized spacial score (nSPS) is 21.0. The molecular formula is C14H19ClFNO. The Bertz CT molecular complexity index is 419. The van der Waals surface area contributed by atoms with Gasteiger partial charge in [0.25, 0.3) is 0 Å². The topological polar surface area (TPSA) is 21.3 Å². The summed E-state index contributed by atoms with van der Waals surface area (Å²) in [6.45, 7) is 5.72. The monoisotopic (exact) mass is 271 g/mol. The average molecular weight is 272 g/mol. The first kappa shape index (κ1) is 13.6. The fourth-order valence-corrected chi connectivity index (χ4v) is 2.59. The van der Waals surface area contributed by atoms with Gasteiger partial charge in [-0.2, -0.15) is 0 Å². The molecular weight excluding hydrogens is 253 g/mol. The summed E-state index contributed by atoms with van der Waals surface area (Å²) >= 11 is 6.03. The minimum absolute atomic E-state index is 0.0220. The molecule has 0 saturated carbocycles. The summed E-state index contributed by atoms with van der Waals surface area (Å²) in [4.78, 5) is 0. The molecule has 0 radical (unpaired) electrons. The van der Waals surface area contributed by atoms with Crippen LogP contribution in [0.25, 0.3) is 0 Å². The van der Waals surface area contributed by atoms with Gasteiger partial charge in [0.05, 0.1) is 5.02 Å². The summed E-state index contributed by atoms with van der Waals surface area (Å²) in [5, 5.41) is 3.66. The second-order valence-electron chi connectivity index (χ2n) is 4.82. The summed E-state index contributed by atoms with van der Waals surface area (Å²) in [5.41, 5.74) is 0.564. The Hall–Kier alpha value is -0.800. The highest BCUT2D eigenvalue weighted by Gasteiger charge is 2.26. The van der Waals surface area contributed by atoms with E-state index in [-0.39, 0.29) is 17.7 Å². The van der Waals surface area contributed by atoms with E-state index in [1.165, 1.54) is 0 Å². The van der Waals surface area contributed by atoms with Crippen molar-refractivity contribution in [3.05, 3.63) is 28.5 Å². The standard InChI is InChI=1S/C14H19ClFNO/c1-3-12(10-6-7-17-8-10)18-14-11(15)5-4-9(2)13(14)16/h4-5,10,12,17H,3,6-8H2,1-2H3/t10?,12-/m1/s1. The van der Waals surface area contributed by atoms with Crippen molar-refractivity contribution < 1.29 is 9.13 Å². The molecule has 1 fully saturated rings. The van der Waals surface area contributed by atoms with Crippen molar-refractivity contribution in [1.82, 2.24) is 5.32 Å². The SMILES string of the molecule is CC[C@@H](Oc1c(Cl)ccc(C)c1F)C1CCNC1. The number of hydrogen-bond donors (Lipinski definition) is 1. The summed E-state index contributed by atoms with van der Waals surface area (Å²) < 4.78 is 19.9. The highest BCUT2D eigenvalue weighted by Crippen LogP contribution is 2.32. The van der Waals surface area contributed by atoms with E-state index in [9.17, 15) is 4.39 Å². The van der Waals surface area contributed by atoms with E-state index in [0.717, 1.165) is 25.9 Å². The van der Waals surface area contributed by atoms with Gasteiger partial charge in [0, 0.05) is 12.5 Å². The van der Waals surface area contributed by atoms with E-state index < -0.39 is 0 Å². The highest BCUT2D eigenvalue weighted by atomic mass is 35.5. The van der Waals surface area contributed by atoms with Gasteiger partial charge >= 0.3 is 0 Å². The predicted octanol–water partition coefficient (Wildman–Crippen LogP) is 3.55. The number of aryl methyl sites for hydroxylation is 1. The zero-order valence-electron chi connectivity index (χ0n) is 10.8. The van der Waals surface area contributed by atoms with Crippen LogP contribution >= 0.6 is 11.6 Å². The van der Waals surface area contributed by atoms with Crippen LogP contribution in [0, 0.1) is 18.7 Å². The van der Waals surface area contributed by atoms with Crippen LogP contribution < -0.4 is 10.1 Å². The lowest BCUT2D eigenvalue weighted by atomic mass is 9.99. The number of benzene rings is 1. The molecule has 1 aliphatic heterocycles. The molecule has 0 spiro atoms. The predicted molar refractivity (Wildman–Crippen MR) is 71.8 cm³/mol. The minimum Gasteiger partial charge on any atom is -0.485 e. The van der Waals surface area contributed by atoms with Crippen molar-refractivity contribution in [3.63, 3.8) is 0 Å². The Morgan fingerprint density at radius 2 is 2.33 bits per heavy atom. The van der Waals surface area contributed by atoms with Crippen LogP contribution in [-0.4, -0.2) is 19.2 Å². The molecule has 100 valence electrons. The molecule has 1 saturated heterocycles. The number of nitrogens with one attached hydrogen (secondary N) is 1. The molecule has 0 bridgehead atoms. The number of halogens is 2. The van der Waals surface area contributed by atoms with Gasteiger partial charge in [-0.3, -0.25) is 0 Å². The van der Waals surface area contributed by atoms with Crippen molar-refractivity contribution in [2.75, 3.05) is 13.1 Å². The zero-order valence-corrected chi connectivity index (χ0v) is 11.6. The lowest BCUT2D eigenvalue weighted by Gasteiger charge is -2.24. The van der Waals surface area contributed by atoms with Gasteiger partial charge in [-0.25, -0.2) is 4.39 Å². The third-order valence-corrected chi connectivity index (χ3v) is 3.84. The first-order valence-corrected chi connectivity index (χ1v) is 6.83. The summed E-state index contributed by atoms with van der Waals surface area (Å²) in [7, 11) is 0. The van der Waals surface area contributed by atoms with Crippen molar-refractivity contribution in [2.24, 2.45) is 5.92 Å². The number of hydrogen-bond acceptors (Lipinski definition) is 2. The molecule has 2 rings (SSSR count). The quantitative estimate of drug-likeness (QED) is 0.904. The van der Waals surface area contributed by atoms with Crippen molar-refractivity contribution in [3.8, 4) is 5.75 Å². The Labute approximate surface area is 112 Å². The molecule has 2 nitrogen and oxygen atoms in total. The van der Waals surface area contributed by atoms with E-state index in [4.69, 9.17) is 16.3 Å². The smallest absolute Gasteiger partial charge is 0.174 e. The van der Waals surface area contributed by atoms with Crippen LogP contribution in [0.3, 0.4) is 0 Å². The molecule has 2 atom stereocenters. The first-order valence-electron chi connectivity index (χ1n) is 6.45. The van der Waals surface area contributed by atoms with Crippen molar-refractivity contribution in [2.45, 2.75) is 32.8 Å². The molecule has 1 N–H and O–H groups in total. The molecule has 0 aliphatic carbocycles. The Kier molecular flexibility index (Phi) is 4.46. The third-order valence-electron chi connectivity index (χ3n) is 3.54. The molecule has 0 aromatic heterocycles. The number of ether oxygens (including phenoxy) is 1. The lowest BCUT2D eigenvalue weighted by molar-refractivity contribution is 0.132. The van der Waals surface area contributed by atoms with E-state index >= 15 is 0 Å². The average Bonchev–Trinajstić information content (AvgIpc) is 2.88. The lowest BCUT2D eigenvalue weighted by Crippen LogP contribution is -2.28. The van der Waals surface area contributed by atoms with E-state index in [2.05, 4.69) is 12.2 Å². The first-order chi connectivity index (χ1) is 8.63. The molecule has 1 aromatic rings. The molecule has 1 aromatic carbocycles. The third kappa shape index (κ3) is 2.78. The van der Waals surface area contributed by atoms with Crippen molar-refractivity contribution in [1.29, 1.82) is 0 Å². The second-order valence-corrected chi connectivity index (χ2v) is 5.23. The Balaban J connectivity index is 2.18. The van der Waals surface area contributed by atoms with Crippen LogP contribution in [-0.2, 0) is 0 Å². The van der Waals surface area contributed by atoms with Crippen molar-refractivity contribution >= 4 is 11.6 Å². The Morgan fingerprint density at radius 3 is 2.94 bits per heavy atom. The fourth-order valence-electron chi connectivity index (χ4n) is 2.40. The second kappa shape index (κ2) is 5.89. The highest BCUT2D eigenvalue weighted by molar-refractivity contribution is 6.32. The molecule has 4 heteroatoms. The molecule has 1 heterocycles. The summed E-state index contributed by atoms with van der Waals surface area (Å²) in [6.07, 6.45) is 1.95. The Morgan fingerprint density at radius 1 is 1.56 bits per heavy atom. The maximum Gasteiger partial charge on any atom is 0.174 e. The van der Waals surface area contributed by atoms with E-state index in [1.807, 2.05) is 0 Å². The van der Waals surface area contributed by atoms with Crippen LogP contribution in [0.1, 0.15) is 25.3 Å².